The lowest BCUT2D eigenvalue weighted by molar-refractivity contribution is 0.302. The van der Waals surface area contributed by atoms with E-state index >= 15 is 0 Å². The first-order valence-electron chi connectivity index (χ1n) is 16.9. The predicted molar refractivity (Wildman–Crippen MR) is 170 cm³/mol. The SMILES string of the molecule is CCCCCCCCCCCCC1CCC(c2ccc(-c3ccc(CC(CC)CCCC)cc3)cc2)CC1. The number of benzene rings is 2. The van der Waals surface area contributed by atoms with Crippen LogP contribution >= 0.6 is 0 Å². The summed E-state index contributed by atoms with van der Waals surface area (Å²) in [5.74, 6) is 2.61. The molecule has 2 aromatic rings. The Morgan fingerprint density at radius 3 is 1.66 bits per heavy atom. The minimum Gasteiger partial charge on any atom is -0.0654 e. The van der Waals surface area contributed by atoms with E-state index in [0.29, 0.717) is 0 Å². The summed E-state index contributed by atoms with van der Waals surface area (Å²) < 4.78 is 0. The summed E-state index contributed by atoms with van der Waals surface area (Å²) in [4.78, 5) is 0. The average molecular weight is 517 g/mol. The monoisotopic (exact) mass is 516 g/mol. The molecule has 0 heteroatoms. The second-order valence-corrected chi connectivity index (χ2v) is 12.6. The van der Waals surface area contributed by atoms with Gasteiger partial charge in [0, 0.05) is 0 Å². The zero-order chi connectivity index (χ0) is 26.8. The Morgan fingerprint density at radius 2 is 1.11 bits per heavy atom. The van der Waals surface area contributed by atoms with Gasteiger partial charge in [-0.05, 0) is 72.1 Å². The van der Waals surface area contributed by atoms with Gasteiger partial charge >= 0.3 is 0 Å². The summed E-state index contributed by atoms with van der Waals surface area (Å²) in [6.07, 6.45) is 28.3. The second kappa shape index (κ2) is 18.7. The third-order valence-corrected chi connectivity index (χ3v) is 9.55. The highest BCUT2D eigenvalue weighted by molar-refractivity contribution is 5.64. The van der Waals surface area contributed by atoms with Crippen LogP contribution in [0.25, 0.3) is 11.1 Å². The van der Waals surface area contributed by atoms with Crippen molar-refractivity contribution in [3.63, 3.8) is 0 Å². The Morgan fingerprint density at radius 1 is 0.579 bits per heavy atom. The summed E-state index contributed by atoms with van der Waals surface area (Å²) in [5, 5.41) is 0. The van der Waals surface area contributed by atoms with Crippen molar-refractivity contribution in [2.24, 2.45) is 11.8 Å². The number of unbranched alkanes of at least 4 members (excludes halogenated alkanes) is 10. The average Bonchev–Trinajstić information content (AvgIpc) is 2.97. The van der Waals surface area contributed by atoms with Crippen molar-refractivity contribution in [2.45, 2.75) is 155 Å². The molecule has 1 aliphatic rings. The molecule has 2 aromatic carbocycles. The van der Waals surface area contributed by atoms with Gasteiger partial charge in [-0.3, -0.25) is 0 Å². The van der Waals surface area contributed by atoms with Crippen LogP contribution in [-0.4, -0.2) is 0 Å². The second-order valence-electron chi connectivity index (χ2n) is 12.6. The van der Waals surface area contributed by atoms with E-state index in [1.807, 2.05) is 0 Å². The fraction of sp³-hybridized carbons (Fsp3) is 0.684. The van der Waals surface area contributed by atoms with Crippen LogP contribution in [0.15, 0.2) is 48.5 Å². The Bertz CT molecular complexity index is 821. The van der Waals surface area contributed by atoms with Gasteiger partial charge in [-0.15, -0.1) is 0 Å². The van der Waals surface area contributed by atoms with E-state index in [-0.39, 0.29) is 0 Å². The maximum atomic E-state index is 2.42. The van der Waals surface area contributed by atoms with E-state index in [2.05, 4.69) is 69.3 Å². The maximum Gasteiger partial charge on any atom is -0.0162 e. The van der Waals surface area contributed by atoms with Crippen LogP contribution in [0.5, 0.6) is 0 Å². The third-order valence-electron chi connectivity index (χ3n) is 9.55. The molecule has 1 saturated carbocycles. The van der Waals surface area contributed by atoms with Crippen LogP contribution in [0.4, 0.5) is 0 Å². The van der Waals surface area contributed by atoms with Crippen LogP contribution in [0.3, 0.4) is 0 Å². The van der Waals surface area contributed by atoms with E-state index in [4.69, 9.17) is 0 Å². The van der Waals surface area contributed by atoms with E-state index in [0.717, 1.165) is 17.8 Å². The van der Waals surface area contributed by atoms with E-state index in [1.54, 1.807) is 5.56 Å². The summed E-state index contributed by atoms with van der Waals surface area (Å²) >= 11 is 0. The van der Waals surface area contributed by atoms with Crippen LogP contribution in [0.2, 0.25) is 0 Å². The highest BCUT2D eigenvalue weighted by atomic mass is 14.3. The highest BCUT2D eigenvalue weighted by Gasteiger charge is 2.22. The summed E-state index contributed by atoms with van der Waals surface area (Å²) in [5.41, 5.74) is 5.81. The molecule has 0 spiro atoms. The fourth-order valence-corrected chi connectivity index (χ4v) is 6.76. The zero-order valence-corrected chi connectivity index (χ0v) is 25.5. The predicted octanol–water partition coefficient (Wildman–Crippen LogP) is 12.7. The van der Waals surface area contributed by atoms with Crippen molar-refractivity contribution in [1.82, 2.24) is 0 Å². The van der Waals surface area contributed by atoms with Crippen LogP contribution in [-0.2, 0) is 6.42 Å². The van der Waals surface area contributed by atoms with Gasteiger partial charge in [0.1, 0.15) is 0 Å². The molecular formula is C38H60. The third kappa shape index (κ3) is 11.3. The van der Waals surface area contributed by atoms with E-state index in [1.165, 1.54) is 145 Å². The molecule has 0 saturated heterocycles. The minimum atomic E-state index is 0.782. The molecular weight excluding hydrogens is 456 g/mol. The quantitative estimate of drug-likeness (QED) is 0.163. The first-order chi connectivity index (χ1) is 18.7. The van der Waals surface area contributed by atoms with Crippen LogP contribution < -0.4 is 0 Å². The highest BCUT2D eigenvalue weighted by Crippen LogP contribution is 2.38. The van der Waals surface area contributed by atoms with Crippen molar-refractivity contribution >= 4 is 0 Å². The van der Waals surface area contributed by atoms with Gasteiger partial charge in [0.2, 0.25) is 0 Å². The molecule has 1 atom stereocenters. The van der Waals surface area contributed by atoms with Crippen molar-refractivity contribution in [3.8, 4) is 11.1 Å². The van der Waals surface area contributed by atoms with Gasteiger partial charge < -0.3 is 0 Å². The number of hydrogen-bond donors (Lipinski definition) is 0. The molecule has 212 valence electrons. The summed E-state index contributed by atoms with van der Waals surface area (Å²) in [6, 6.07) is 19.0. The molecule has 0 aliphatic heterocycles. The van der Waals surface area contributed by atoms with Gasteiger partial charge in [0.05, 0.1) is 0 Å². The van der Waals surface area contributed by atoms with Gasteiger partial charge in [0.15, 0.2) is 0 Å². The number of rotatable bonds is 19. The van der Waals surface area contributed by atoms with Crippen molar-refractivity contribution in [1.29, 1.82) is 0 Å². The molecule has 0 N–H and O–H groups in total. The topological polar surface area (TPSA) is 0 Å². The van der Waals surface area contributed by atoms with Crippen LogP contribution in [0.1, 0.15) is 160 Å². The number of hydrogen-bond acceptors (Lipinski definition) is 0. The lowest BCUT2D eigenvalue weighted by Gasteiger charge is -2.29. The molecule has 0 aromatic heterocycles. The maximum absolute atomic E-state index is 2.42. The molecule has 0 radical (unpaired) electrons. The lowest BCUT2D eigenvalue weighted by atomic mass is 9.77. The zero-order valence-electron chi connectivity index (χ0n) is 25.5. The molecule has 0 amide bonds. The lowest BCUT2D eigenvalue weighted by Crippen LogP contribution is -2.13. The largest absolute Gasteiger partial charge is 0.0654 e. The summed E-state index contributed by atoms with van der Waals surface area (Å²) in [6.45, 7) is 6.96. The summed E-state index contributed by atoms with van der Waals surface area (Å²) in [7, 11) is 0. The van der Waals surface area contributed by atoms with Gasteiger partial charge in [-0.25, -0.2) is 0 Å². The normalized spacial score (nSPS) is 18.5. The Labute approximate surface area is 237 Å². The van der Waals surface area contributed by atoms with Crippen molar-refractivity contribution < 1.29 is 0 Å². The van der Waals surface area contributed by atoms with Gasteiger partial charge in [-0.1, -0.05) is 166 Å². The van der Waals surface area contributed by atoms with E-state index < -0.39 is 0 Å². The first-order valence-corrected chi connectivity index (χ1v) is 16.9. The Hall–Kier alpha value is -1.56. The molecule has 38 heavy (non-hydrogen) atoms. The van der Waals surface area contributed by atoms with Crippen molar-refractivity contribution in [3.05, 3.63) is 59.7 Å². The van der Waals surface area contributed by atoms with E-state index in [9.17, 15) is 0 Å². The molecule has 1 aliphatic carbocycles. The molecule has 3 rings (SSSR count). The molecule has 0 heterocycles. The van der Waals surface area contributed by atoms with Crippen LogP contribution in [0, 0.1) is 11.8 Å². The smallest absolute Gasteiger partial charge is 0.0162 e. The molecule has 1 fully saturated rings. The Kier molecular flexibility index (Phi) is 15.2. The molecule has 0 bridgehead atoms. The Balaban J connectivity index is 1.33. The first kappa shape index (κ1) is 31.0. The molecule has 1 unspecified atom stereocenters. The minimum absolute atomic E-state index is 0.782. The van der Waals surface area contributed by atoms with Gasteiger partial charge in [-0.2, -0.15) is 0 Å². The fourth-order valence-electron chi connectivity index (χ4n) is 6.76. The standard InChI is InChI=1S/C38H60/c1-4-7-9-10-11-12-13-14-15-16-18-33-19-23-35(24-20-33)37-27-29-38(30-28-37)36-25-21-34(22-26-36)31-32(6-3)17-8-5-2/h21-22,25-30,32-33,35H,4-20,23-24,31H2,1-3H3. The van der Waals surface area contributed by atoms with Gasteiger partial charge in [0.25, 0.3) is 0 Å². The molecule has 0 nitrogen and oxygen atoms in total. The van der Waals surface area contributed by atoms with Crippen molar-refractivity contribution in [2.75, 3.05) is 0 Å².